The first kappa shape index (κ1) is 13.5. The molecule has 0 atom stereocenters. The Morgan fingerprint density at radius 3 is 2.69 bits per heavy atom. The molecule has 2 nitrogen and oxygen atoms in total. The average Bonchev–Trinajstić information content (AvgIpc) is 2.20. The van der Waals surface area contributed by atoms with Gasteiger partial charge in [-0.1, -0.05) is 13.8 Å². The molecule has 0 radical (unpaired) electrons. The van der Waals surface area contributed by atoms with Crippen LogP contribution in [0.2, 0.25) is 0 Å². The molecule has 0 fully saturated rings. The van der Waals surface area contributed by atoms with Gasteiger partial charge in [-0.05, 0) is 40.0 Å². The van der Waals surface area contributed by atoms with Crippen molar-refractivity contribution in [2.24, 2.45) is 5.92 Å². The third-order valence-corrected chi connectivity index (χ3v) is 2.45. The molecule has 0 aliphatic rings. The van der Waals surface area contributed by atoms with E-state index in [9.17, 15) is 4.39 Å². The molecule has 0 amide bonds. The van der Waals surface area contributed by atoms with Crippen LogP contribution < -0.4 is 4.74 Å². The van der Waals surface area contributed by atoms with Crippen LogP contribution in [0, 0.1) is 11.7 Å². The molecule has 0 spiro atoms. The summed E-state index contributed by atoms with van der Waals surface area (Å²) in [5, 5.41) is 0. The monoisotopic (exact) mass is 290 g/mol. The minimum Gasteiger partial charge on any atom is -0.490 e. The summed E-state index contributed by atoms with van der Waals surface area (Å²) in [5.41, 5.74) is 0. The van der Waals surface area contributed by atoms with Crippen molar-refractivity contribution in [1.29, 1.82) is 0 Å². The van der Waals surface area contributed by atoms with Crippen LogP contribution in [-0.2, 0) is 4.74 Å². The minimum absolute atomic E-state index is 0.282. The van der Waals surface area contributed by atoms with Gasteiger partial charge in [0.2, 0.25) is 0 Å². The molecule has 1 aromatic rings. The molecule has 0 saturated carbocycles. The first-order valence-electron chi connectivity index (χ1n) is 5.25. The van der Waals surface area contributed by atoms with E-state index >= 15 is 0 Å². The smallest absolute Gasteiger partial charge is 0.133 e. The van der Waals surface area contributed by atoms with Gasteiger partial charge in [0.15, 0.2) is 0 Å². The molecule has 0 bridgehead atoms. The van der Waals surface area contributed by atoms with Gasteiger partial charge in [0, 0.05) is 6.61 Å². The summed E-state index contributed by atoms with van der Waals surface area (Å²) in [5.74, 6) is 0.877. The van der Waals surface area contributed by atoms with E-state index in [-0.39, 0.29) is 5.82 Å². The quantitative estimate of drug-likeness (QED) is 0.745. The topological polar surface area (TPSA) is 18.5 Å². The fourth-order valence-corrected chi connectivity index (χ4v) is 1.59. The Bertz CT molecular complexity index is 329. The lowest BCUT2D eigenvalue weighted by Gasteiger charge is -2.09. The standard InChI is InChI=1S/C12H16BrFO2/c1-9(2)8-15-5-6-16-12-4-3-10(14)7-11(12)13/h3-4,7,9H,5-6,8H2,1-2H3. The van der Waals surface area contributed by atoms with Gasteiger partial charge in [0.25, 0.3) is 0 Å². The van der Waals surface area contributed by atoms with E-state index < -0.39 is 0 Å². The van der Waals surface area contributed by atoms with Gasteiger partial charge in [0.05, 0.1) is 11.1 Å². The number of halogens is 2. The second-order valence-electron chi connectivity index (χ2n) is 3.89. The Morgan fingerprint density at radius 2 is 2.06 bits per heavy atom. The molecule has 4 heteroatoms. The number of ether oxygens (including phenoxy) is 2. The van der Waals surface area contributed by atoms with Gasteiger partial charge in [-0.15, -0.1) is 0 Å². The Balaban J connectivity index is 2.27. The second-order valence-corrected chi connectivity index (χ2v) is 4.75. The summed E-state index contributed by atoms with van der Waals surface area (Å²) in [4.78, 5) is 0. The molecule has 0 aliphatic carbocycles. The van der Waals surface area contributed by atoms with Crippen molar-refractivity contribution < 1.29 is 13.9 Å². The first-order valence-corrected chi connectivity index (χ1v) is 6.04. The molecule has 90 valence electrons. The Morgan fingerprint density at radius 1 is 1.31 bits per heavy atom. The van der Waals surface area contributed by atoms with Crippen molar-refractivity contribution in [3.8, 4) is 5.75 Å². The van der Waals surface area contributed by atoms with E-state index in [1.54, 1.807) is 6.07 Å². The van der Waals surface area contributed by atoms with Crippen LogP contribution in [0.15, 0.2) is 22.7 Å². The van der Waals surface area contributed by atoms with E-state index in [4.69, 9.17) is 9.47 Å². The molecule has 0 N–H and O–H groups in total. The lowest BCUT2D eigenvalue weighted by atomic mass is 10.2. The highest BCUT2D eigenvalue weighted by atomic mass is 79.9. The Kier molecular flexibility index (Phi) is 5.77. The van der Waals surface area contributed by atoms with Gasteiger partial charge < -0.3 is 9.47 Å². The summed E-state index contributed by atoms with van der Waals surface area (Å²) >= 11 is 3.23. The molecular formula is C12H16BrFO2. The van der Waals surface area contributed by atoms with Crippen LogP contribution in [0.1, 0.15) is 13.8 Å². The molecule has 0 saturated heterocycles. The van der Waals surface area contributed by atoms with Crippen molar-refractivity contribution in [2.75, 3.05) is 19.8 Å². The van der Waals surface area contributed by atoms with E-state index in [1.807, 2.05) is 0 Å². The van der Waals surface area contributed by atoms with Crippen LogP contribution in [0.3, 0.4) is 0 Å². The number of benzene rings is 1. The predicted molar refractivity (Wildman–Crippen MR) is 65.3 cm³/mol. The molecule has 0 unspecified atom stereocenters. The maximum atomic E-state index is 12.8. The van der Waals surface area contributed by atoms with Gasteiger partial charge >= 0.3 is 0 Å². The predicted octanol–water partition coefficient (Wildman–Crippen LogP) is 3.64. The maximum absolute atomic E-state index is 12.8. The van der Waals surface area contributed by atoms with E-state index in [2.05, 4.69) is 29.8 Å². The molecule has 0 aliphatic heterocycles. The summed E-state index contributed by atoms with van der Waals surface area (Å²) in [6.07, 6.45) is 0. The zero-order chi connectivity index (χ0) is 12.0. The SMILES string of the molecule is CC(C)COCCOc1ccc(F)cc1Br. The first-order chi connectivity index (χ1) is 7.59. The van der Waals surface area contributed by atoms with E-state index in [0.717, 1.165) is 6.61 Å². The average molecular weight is 291 g/mol. The van der Waals surface area contributed by atoms with Crippen molar-refractivity contribution in [3.05, 3.63) is 28.5 Å². The van der Waals surface area contributed by atoms with Crippen molar-refractivity contribution in [2.45, 2.75) is 13.8 Å². The van der Waals surface area contributed by atoms with Gasteiger partial charge in [0.1, 0.15) is 18.2 Å². The molecule has 1 aromatic carbocycles. The van der Waals surface area contributed by atoms with Crippen molar-refractivity contribution in [3.63, 3.8) is 0 Å². The summed E-state index contributed by atoms with van der Waals surface area (Å²) in [6.45, 7) is 5.93. The maximum Gasteiger partial charge on any atom is 0.133 e. The highest BCUT2D eigenvalue weighted by Crippen LogP contribution is 2.25. The third-order valence-electron chi connectivity index (χ3n) is 1.83. The van der Waals surface area contributed by atoms with E-state index in [1.165, 1.54) is 12.1 Å². The molecular weight excluding hydrogens is 275 g/mol. The number of hydrogen-bond acceptors (Lipinski definition) is 2. The molecule has 0 aromatic heterocycles. The van der Waals surface area contributed by atoms with Crippen LogP contribution in [0.5, 0.6) is 5.75 Å². The lowest BCUT2D eigenvalue weighted by molar-refractivity contribution is 0.0817. The highest BCUT2D eigenvalue weighted by molar-refractivity contribution is 9.10. The molecule has 0 heterocycles. The Labute approximate surface area is 104 Å². The summed E-state index contributed by atoms with van der Waals surface area (Å²) < 4.78 is 24.2. The van der Waals surface area contributed by atoms with Gasteiger partial charge in [-0.2, -0.15) is 0 Å². The number of rotatable bonds is 6. The van der Waals surface area contributed by atoms with Crippen molar-refractivity contribution >= 4 is 15.9 Å². The fourth-order valence-electron chi connectivity index (χ4n) is 1.12. The third kappa shape index (κ3) is 4.94. The number of hydrogen-bond donors (Lipinski definition) is 0. The summed E-state index contributed by atoms with van der Waals surface area (Å²) in [6, 6.07) is 4.35. The highest BCUT2D eigenvalue weighted by Gasteiger charge is 2.02. The van der Waals surface area contributed by atoms with Crippen LogP contribution >= 0.6 is 15.9 Å². The van der Waals surface area contributed by atoms with Crippen LogP contribution in [0.25, 0.3) is 0 Å². The van der Waals surface area contributed by atoms with Crippen molar-refractivity contribution in [1.82, 2.24) is 0 Å². The van der Waals surface area contributed by atoms with Crippen LogP contribution in [-0.4, -0.2) is 19.8 Å². The zero-order valence-corrected chi connectivity index (χ0v) is 11.1. The minimum atomic E-state index is -0.282. The van der Waals surface area contributed by atoms with Gasteiger partial charge in [-0.3, -0.25) is 0 Å². The molecule has 16 heavy (non-hydrogen) atoms. The van der Waals surface area contributed by atoms with Gasteiger partial charge in [-0.25, -0.2) is 4.39 Å². The summed E-state index contributed by atoms with van der Waals surface area (Å²) in [7, 11) is 0. The normalized spacial score (nSPS) is 10.8. The van der Waals surface area contributed by atoms with Crippen LogP contribution in [0.4, 0.5) is 4.39 Å². The fraction of sp³-hybridized carbons (Fsp3) is 0.500. The molecule has 1 rings (SSSR count). The lowest BCUT2D eigenvalue weighted by Crippen LogP contribution is -2.10. The zero-order valence-electron chi connectivity index (χ0n) is 9.50. The van der Waals surface area contributed by atoms with E-state index in [0.29, 0.717) is 29.4 Å². The Hall–Kier alpha value is -0.610. The largest absolute Gasteiger partial charge is 0.490 e. The second kappa shape index (κ2) is 6.86.